The standard InChI is InChI=1S/C26H23ClN2O2/c1-15-5-6-18(4)22(14-15)29-25(30)23(19-7-9-20(27)10-8-19)24(26(29)31)28-21-12-16(2)11-17(3)13-21/h5-14,28H,1-4H3. The smallest absolute Gasteiger partial charge is 0.282 e. The molecule has 0 spiro atoms. The lowest BCUT2D eigenvalue weighted by Crippen LogP contribution is -2.33. The number of carbonyl (C=O) groups is 2. The van der Waals surface area contributed by atoms with E-state index in [4.69, 9.17) is 11.6 Å². The summed E-state index contributed by atoms with van der Waals surface area (Å²) >= 11 is 6.05. The fourth-order valence-electron chi connectivity index (χ4n) is 3.90. The molecule has 1 N–H and O–H groups in total. The first-order chi connectivity index (χ1) is 14.7. The van der Waals surface area contributed by atoms with E-state index in [9.17, 15) is 9.59 Å². The van der Waals surface area contributed by atoms with E-state index in [-0.39, 0.29) is 17.5 Å². The second-order valence-corrected chi connectivity index (χ2v) is 8.43. The highest BCUT2D eigenvalue weighted by atomic mass is 35.5. The third kappa shape index (κ3) is 3.99. The Morgan fingerprint density at radius 1 is 0.742 bits per heavy atom. The molecule has 1 heterocycles. The first-order valence-corrected chi connectivity index (χ1v) is 10.4. The highest BCUT2D eigenvalue weighted by Crippen LogP contribution is 2.36. The first-order valence-electron chi connectivity index (χ1n) is 10.1. The van der Waals surface area contributed by atoms with Crippen molar-refractivity contribution in [2.45, 2.75) is 27.7 Å². The number of imide groups is 1. The van der Waals surface area contributed by atoms with Crippen LogP contribution in [0, 0.1) is 27.7 Å². The Balaban J connectivity index is 1.86. The van der Waals surface area contributed by atoms with Gasteiger partial charge >= 0.3 is 0 Å². The molecule has 0 bridgehead atoms. The van der Waals surface area contributed by atoms with Crippen LogP contribution < -0.4 is 10.2 Å². The van der Waals surface area contributed by atoms with Crippen LogP contribution in [0.2, 0.25) is 5.02 Å². The molecule has 0 fully saturated rings. The maximum Gasteiger partial charge on any atom is 0.282 e. The van der Waals surface area contributed by atoms with Crippen LogP contribution in [0.25, 0.3) is 5.57 Å². The van der Waals surface area contributed by atoms with Crippen LogP contribution >= 0.6 is 11.6 Å². The van der Waals surface area contributed by atoms with Gasteiger partial charge in [0.1, 0.15) is 5.70 Å². The number of nitrogens with one attached hydrogen (secondary N) is 1. The molecule has 0 unspecified atom stereocenters. The maximum atomic E-state index is 13.6. The zero-order valence-corrected chi connectivity index (χ0v) is 18.7. The van der Waals surface area contributed by atoms with E-state index < -0.39 is 0 Å². The molecule has 3 aromatic carbocycles. The largest absolute Gasteiger partial charge is 0.350 e. The van der Waals surface area contributed by atoms with Gasteiger partial charge in [0, 0.05) is 10.7 Å². The molecular formula is C26H23ClN2O2. The van der Waals surface area contributed by atoms with E-state index in [0.29, 0.717) is 21.8 Å². The van der Waals surface area contributed by atoms with Crippen molar-refractivity contribution in [3.05, 3.63) is 99.2 Å². The summed E-state index contributed by atoms with van der Waals surface area (Å²) in [5.41, 5.74) is 6.57. The van der Waals surface area contributed by atoms with Crippen LogP contribution in [0.5, 0.6) is 0 Å². The first kappa shape index (κ1) is 20.9. The SMILES string of the molecule is Cc1cc(C)cc(NC2=C(c3ccc(Cl)cc3)C(=O)N(c3cc(C)ccc3C)C2=O)c1. The number of aryl methyl sites for hydroxylation is 4. The van der Waals surface area contributed by atoms with Gasteiger partial charge in [0.05, 0.1) is 11.3 Å². The molecule has 156 valence electrons. The van der Waals surface area contributed by atoms with Crippen LogP contribution in [0.3, 0.4) is 0 Å². The summed E-state index contributed by atoms with van der Waals surface area (Å²) in [5.74, 6) is -0.726. The number of carbonyl (C=O) groups excluding carboxylic acids is 2. The highest BCUT2D eigenvalue weighted by molar-refractivity contribution is 6.46. The molecule has 3 aromatic rings. The average molecular weight is 431 g/mol. The zero-order chi connectivity index (χ0) is 22.3. The van der Waals surface area contributed by atoms with E-state index in [1.807, 2.05) is 58.0 Å². The predicted octanol–water partition coefficient (Wildman–Crippen LogP) is 5.97. The summed E-state index contributed by atoms with van der Waals surface area (Å²) < 4.78 is 0. The van der Waals surface area contributed by atoms with Crippen LogP contribution in [0.1, 0.15) is 27.8 Å². The van der Waals surface area contributed by atoms with Crippen molar-refractivity contribution < 1.29 is 9.59 Å². The summed E-state index contributed by atoms with van der Waals surface area (Å²) in [6.07, 6.45) is 0. The molecule has 0 aromatic heterocycles. The van der Waals surface area contributed by atoms with Gasteiger partial charge in [-0.3, -0.25) is 9.59 Å². The van der Waals surface area contributed by atoms with Gasteiger partial charge < -0.3 is 5.32 Å². The summed E-state index contributed by atoms with van der Waals surface area (Å²) in [5, 5.41) is 3.80. The van der Waals surface area contributed by atoms with E-state index in [0.717, 1.165) is 27.9 Å². The minimum atomic E-state index is -0.372. The van der Waals surface area contributed by atoms with E-state index >= 15 is 0 Å². The lowest BCUT2D eigenvalue weighted by molar-refractivity contribution is -0.120. The van der Waals surface area contributed by atoms with Crippen molar-refractivity contribution in [2.75, 3.05) is 10.2 Å². The van der Waals surface area contributed by atoms with Crippen molar-refractivity contribution in [3.8, 4) is 0 Å². The van der Waals surface area contributed by atoms with Gasteiger partial charge in [-0.15, -0.1) is 0 Å². The summed E-state index contributed by atoms with van der Waals surface area (Å²) in [6.45, 7) is 7.83. The summed E-state index contributed by atoms with van der Waals surface area (Å²) in [7, 11) is 0. The van der Waals surface area contributed by atoms with Gasteiger partial charge in [0.25, 0.3) is 11.8 Å². The second kappa shape index (κ2) is 8.05. The molecule has 4 nitrogen and oxygen atoms in total. The summed E-state index contributed by atoms with van der Waals surface area (Å²) in [4.78, 5) is 28.4. The van der Waals surface area contributed by atoms with Gasteiger partial charge in [-0.05, 0) is 85.8 Å². The molecule has 5 heteroatoms. The van der Waals surface area contributed by atoms with E-state index in [1.165, 1.54) is 4.90 Å². The number of anilines is 2. The molecule has 0 saturated carbocycles. The Labute approximate surface area is 187 Å². The van der Waals surface area contributed by atoms with Crippen molar-refractivity contribution in [3.63, 3.8) is 0 Å². The molecule has 1 aliphatic rings. The molecular weight excluding hydrogens is 408 g/mol. The van der Waals surface area contributed by atoms with Crippen molar-refractivity contribution in [1.82, 2.24) is 0 Å². The zero-order valence-electron chi connectivity index (χ0n) is 17.9. The quantitative estimate of drug-likeness (QED) is 0.518. The number of hydrogen-bond donors (Lipinski definition) is 1. The Hall–Kier alpha value is -3.37. The molecule has 1 aliphatic heterocycles. The third-order valence-corrected chi connectivity index (χ3v) is 5.57. The average Bonchev–Trinajstić information content (AvgIpc) is 2.94. The highest BCUT2D eigenvalue weighted by Gasteiger charge is 2.40. The molecule has 31 heavy (non-hydrogen) atoms. The van der Waals surface area contributed by atoms with Gasteiger partial charge in [-0.2, -0.15) is 0 Å². The van der Waals surface area contributed by atoms with Crippen LogP contribution in [0.4, 0.5) is 11.4 Å². The van der Waals surface area contributed by atoms with E-state index in [2.05, 4.69) is 11.4 Å². The number of nitrogens with zero attached hydrogens (tertiary/aromatic N) is 1. The molecule has 0 atom stereocenters. The molecule has 0 aliphatic carbocycles. The monoisotopic (exact) mass is 430 g/mol. The number of halogens is 1. The van der Waals surface area contributed by atoms with Crippen LogP contribution in [-0.4, -0.2) is 11.8 Å². The van der Waals surface area contributed by atoms with Crippen molar-refractivity contribution >= 4 is 40.4 Å². The number of hydrogen-bond acceptors (Lipinski definition) is 3. The molecule has 0 saturated heterocycles. The maximum absolute atomic E-state index is 13.6. The van der Waals surface area contributed by atoms with Gasteiger partial charge in [-0.1, -0.05) is 41.9 Å². The van der Waals surface area contributed by atoms with Gasteiger partial charge in [0.15, 0.2) is 0 Å². The Morgan fingerprint density at radius 2 is 1.39 bits per heavy atom. The minimum absolute atomic E-state index is 0.262. The molecule has 4 rings (SSSR count). The fourth-order valence-corrected chi connectivity index (χ4v) is 4.03. The topological polar surface area (TPSA) is 49.4 Å². The second-order valence-electron chi connectivity index (χ2n) is 7.99. The van der Waals surface area contributed by atoms with Crippen LogP contribution in [0.15, 0.2) is 66.4 Å². The lowest BCUT2D eigenvalue weighted by Gasteiger charge is -2.18. The lowest BCUT2D eigenvalue weighted by atomic mass is 10.0. The van der Waals surface area contributed by atoms with Crippen LogP contribution in [-0.2, 0) is 9.59 Å². The van der Waals surface area contributed by atoms with Gasteiger partial charge in [0.2, 0.25) is 0 Å². The number of benzene rings is 3. The number of rotatable bonds is 4. The third-order valence-electron chi connectivity index (χ3n) is 5.31. The molecule has 0 radical (unpaired) electrons. The van der Waals surface area contributed by atoms with Gasteiger partial charge in [-0.25, -0.2) is 4.90 Å². The fraction of sp³-hybridized carbons (Fsp3) is 0.154. The van der Waals surface area contributed by atoms with Crippen molar-refractivity contribution in [1.29, 1.82) is 0 Å². The minimum Gasteiger partial charge on any atom is -0.350 e. The normalized spacial score (nSPS) is 13.9. The number of amides is 2. The predicted molar refractivity (Wildman–Crippen MR) is 126 cm³/mol. The summed E-state index contributed by atoms with van der Waals surface area (Å²) in [6, 6.07) is 18.7. The Bertz CT molecular complexity index is 1220. The van der Waals surface area contributed by atoms with E-state index in [1.54, 1.807) is 24.3 Å². The Morgan fingerprint density at radius 3 is 2.03 bits per heavy atom. The Kier molecular flexibility index (Phi) is 5.42. The van der Waals surface area contributed by atoms with Crippen molar-refractivity contribution in [2.24, 2.45) is 0 Å². The molecule has 2 amide bonds.